The van der Waals surface area contributed by atoms with Crippen LogP contribution in [-0.4, -0.2) is 48.8 Å². The van der Waals surface area contributed by atoms with E-state index in [-0.39, 0.29) is 29.8 Å². The highest BCUT2D eigenvalue weighted by atomic mass is 16.5. The molecule has 6 nitrogen and oxygen atoms in total. The summed E-state index contributed by atoms with van der Waals surface area (Å²) in [5.41, 5.74) is 0. The lowest BCUT2D eigenvalue weighted by Gasteiger charge is -2.28. The lowest BCUT2D eigenvalue weighted by molar-refractivity contribution is -0.142. The molecule has 0 aromatic rings. The number of carboxylic acids is 1. The van der Waals surface area contributed by atoms with E-state index in [9.17, 15) is 9.59 Å². The van der Waals surface area contributed by atoms with Gasteiger partial charge in [-0.25, -0.2) is 0 Å². The Morgan fingerprint density at radius 2 is 1.90 bits per heavy atom. The van der Waals surface area contributed by atoms with Crippen LogP contribution in [0.2, 0.25) is 0 Å². The van der Waals surface area contributed by atoms with Gasteiger partial charge in [0.1, 0.15) is 0 Å². The van der Waals surface area contributed by atoms with Crippen molar-refractivity contribution in [2.75, 3.05) is 19.8 Å². The Hall–Kier alpha value is -1.14. The average molecular weight is 298 g/mol. The number of aliphatic carboxylic acids is 1. The molecule has 1 aliphatic heterocycles. The van der Waals surface area contributed by atoms with Gasteiger partial charge in [-0.3, -0.25) is 9.59 Å². The minimum Gasteiger partial charge on any atom is -0.481 e. The lowest BCUT2D eigenvalue weighted by Crippen LogP contribution is -2.48. The summed E-state index contributed by atoms with van der Waals surface area (Å²) in [7, 11) is 0. The van der Waals surface area contributed by atoms with E-state index in [0.717, 1.165) is 25.8 Å². The summed E-state index contributed by atoms with van der Waals surface area (Å²) < 4.78 is 5.42. The monoisotopic (exact) mass is 298 g/mol. The number of hydrogen-bond acceptors (Lipinski definition) is 4. The molecule has 1 heterocycles. The highest BCUT2D eigenvalue weighted by Crippen LogP contribution is 2.25. The van der Waals surface area contributed by atoms with Crippen molar-refractivity contribution in [2.45, 2.75) is 51.1 Å². The maximum atomic E-state index is 12.4. The highest BCUT2D eigenvalue weighted by Gasteiger charge is 2.35. The molecule has 0 aromatic carbocycles. The Morgan fingerprint density at radius 1 is 1.19 bits per heavy atom. The molecular formula is C15H26N2O4. The van der Waals surface area contributed by atoms with Crippen LogP contribution in [0.3, 0.4) is 0 Å². The molecule has 1 saturated heterocycles. The van der Waals surface area contributed by atoms with Gasteiger partial charge in [-0.15, -0.1) is 0 Å². The zero-order chi connectivity index (χ0) is 15.2. The van der Waals surface area contributed by atoms with Crippen molar-refractivity contribution in [1.29, 1.82) is 0 Å². The maximum absolute atomic E-state index is 12.4. The van der Waals surface area contributed by atoms with Gasteiger partial charge >= 0.3 is 5.97 Å². The molecule has 1 amide bonds. The van der Waals surface area contributed by atoms with Gasteiger partial charge in [0.05, 0.1) is 25.0 Å². The fourth-order valence-corrected chi connectivity index (χ4v) is 3.14. The fraction of sp³-hybridized carbons (Fsp3) is 0.867. The van der Waals surface area contributed by atoms with Gasteiger partial charge < -0.3 is 20.5 Å². The van der Waals surface area contributed by atoms with E-state index in [0.29, 0.717) is 26.1 Å². The van der Waals surface area contributed by atoms with Crippen LogP contribution >= 0.6 is 0 Å². The predicted molar refractivity (Wildman–Crippen MR) is 77.9 cm³/mol. The molecule has 3 N–H and O–H groups in total. The van der Waals surface area contributed by atoms with Crippen LogP contribution in [0.15, 0.2) is 0 Å². The number of rotatable bonds is 6. The lowest BCUT2D eigenvalue weighted by atomic mass is 9.86. The largest absolute Gasteiger partial charge is 0.481 e. The Morgan fingerprint density at radius 3 is 2.52 bits per heavy atom. The molecule has 2 unspecified atom stereocenters. The molecule has 0 aromatic heterocycles. The summed E-state index contributed by atoms with van der Waals surface area (Å²) in [6.07, 6.45) is 3.84. The molecule has 0 radical (unpaired) electrons. The number of carboxylic acid groups (broad SMARTS) is 1. The van der Waals surface area contributed by atoms with E-state index in [4.69, 9.17) is 9.84 Å². The van der Waals surface area contributed by atoms with E-state index in [1.807, 2.05) is 0 Å². The Kier molecular flexibility index (Phi) is 5.99. The van der Waals surface area contributed by atoms with Gasteiger partial charge in [-0.1, -0.05) is 6.92 Å². The number of amides is 1. The number of nitrogens with one attached hydrogen (secondary N) is 2. The van der Waals surface area contributed by atoms with Gasteiger partial charge in [-0.05, 0) is 38.6 Å². The first-order valence-electron chi connectivity index (χ1n) is 7.96. The van der Waals surface area contributed by atoms with Gasteiger partial charge in [0.2, 0.25) is 5.91 Å². The molecule has 0 spiro atoms. The van der Waals surface area contributed by atoms with Crippen molar-refractivity contribution in [3.05, 3.63) is 0 Å². The molecule has 2 aliphatic rings. The molecule has 1 aliphatic carbocycles. The van der Waals surface area contributed by atoms with E-state index in [2.05, 4.69) is 17.6 Å². The topological polar surface area (TPSA) is 87.7 Å². The molecule has 2 rings (SSSR count). The van der Waals surface area contributed by atoms with Crippen LogP contribution in [-0.2, 0) is 14.3 Å². The SMILES string of the molecule is CCCNC1COCC1C(=O)NC1CCC(C(=O)O)CC1. The Labute approximate surface area is 125 Å². The molecule has 1 saturated carbocycles. The van der Waals surface area contributed by atoms with Gasteiger partial charge in [0, 0.05) is 12.1 Å². The third kappa shape index (κ3) is 4.41. The normalized spacial score (nSPS) is 32.8. The minimum atomic E-state index is -0.715. The van der Waals surface area contributed by atoms with E-state index >= 15 is 0 Å². The van der Waals surface area contributed by atoms with Crippen LogP contribution < -0.4 is 10.6 Å². The van der Waals surface area contributed by atoms with Gasteiger partial charge in [0.25, 0.3) is 0 Å². The molecule has 6 heteroatoms. The smallest absolute Gasteiger partial charge is 0.306 e. The van der Waals surface area contributed by atoms with Crippen molar-refractivity contribution >= 4 is 11.9 Å². The fourth-order valence-electron chi connectivity index (χ4n) is 3.14. The van der Waals surface area contributed by atoms with Crippen molar-refractivity contribution in [3.63, 3.8) is 0 Å². The minimum absolute atomic E-state index is 0.0416. The molecule has 21 heavy (non-hydrogen) atoms. The van der Waals surface area contributed by atoms with Crippen LogP contribution in [0.5, 0.6) is 0 Å². The number of carbonyl (C=O) groups excluding carboxylic acids is 1. The number of hydrogen-bond donors (Lipinski definition) is 3. The summed E-state index contributed by atoms with van der Waals surface area (Å²) in [4.78, 5) is 23.3. The molecule has 120 valence electrons. The third-order valence-corrected chi connectivity index (χ3v) is 4.50. The summed E-state index contributed by atoms with van der Waals surface area (Å²) in [5, 5.41) is 15.4. The van der Waals surface area contributed by atoms with E-state index in [1.54, 1.807) is 0 Å². The summed E-state index contributed by atoms with van der Waals surface area (Å²) >= 11 is 0. The highest BCUT2D eigenvalue weighted by molar-refractivity contribution is 5.80. The van der Waals surface area contributed by atoms with Crippen LogP contribution in [0.1, 0.15) is 39.0 Å². The first-order chi connectivity index (χ1) is 10.1. The van der Waals surface area contributed by atoms with Gasteiger partial charge in [-0.2, -0.15) is 0 Å². The van der Waals surface area contributed by atoms with Crippen molar-refractivity contribution in [1.82, 2.24) is 10.6 Å². The summed E-state index contributed by atoms with van der Waals surface area (Å²) in [6.45, 7) is 4.04. The van der Waals surface area contributed by atoms with Crippen molar-refractivity contribution in [2.24, 2.45) is 11.8 Å². The van der Waals surface area contributed by atoms with Crippen molar-refractivity contribution < 1.29 is 19.4 Å². The van der Waals surface area contributed by atoms with Gasteiger partial charge in [0.15, 0.2) is 0 Å². The zero-order valence-corrected chi connectivity index (χ0v) is 12.6. The Balaban J connectivity index is 1.77. The molecule has 2 atom stereocenters. The van der Waals surface area contributed by atoms with E-state index < -0.39 is 5.97 Å². The molecular weight excluding hydrogens is 272 g/mol. The summed E-state index contributed by atoms with van der Waals surface area (Å²) in [6, 6.07) is 0.209. The molecule has 0 bridgehead atoms. The predicted octanol–water partition coefficient (Wildman–Crippen LogP) is 0.761. The zero-order valence-electron chi connectivity index (χ0n) is 12.6. The quantitative estimate of drug-likeness (QED) is 0.674. The second kappa shape index (κ2) is 7.75. The number of ether oxygens (including phenoxy) is 1. The second-order valence-corrected chi connectivity index (χ2v) is 6.10. The first-order valence-corrected chi connectivity index (χ1v) is 7.96. The average Bonchev–Trinajstić information content (AvgIpc) is 2.94. The second-order valence-electron chi connectivity index (χ2n) is 6.10. The van der Waals surface area contributed by atoms with Crippen LogP contribution in [0.25, 0.3) is 0 Å². The van der Waals surface area contributed by atoms with Crippen LogP contribution in [0, 0.1) is 11.8 Å². The standard InChI is InChI=1S/C15H26N2O4/c1-2-7-16-13-9-21-8-12(13)14(18)17-11-5-3-10(4-6-11)15(19)20/h10-13,16H,2-9H2,1H3,(H,17,18)(H,19,20). The van der Waals surface area contributed by atoms with Crippen LogP contribution in [0.4, 0.5) is 0 Å². The maximum Gasteiger partial charge on any atom is 0.306 e. The third-order valence-electron chi connectivity index (χ3n) is 4.50. The Bertz CT molecular complexity index is 367. The summed E-state index contributed by atoms with van der Waals surface area (Å²) in [5.74, 6) is -1.05. The number of carbonyl (C=O) groups is 2. The van der Waals surface area contributed by atoms with E-state index in [1.165, 1.54) is 0 Å². The first kappa shape index (κ1) is 16.2. The molecule has 2 fully saturated rings. The van der Waals surface area contributed by atoms with Crippen molar-refractivity contribution in [3.8, 4) is 0 Å².